The number of nitrogen functional groups attached to an aromatic ring is 1. The summed E-state index contributed by atoms with van der Waals surface area (Å²) in [6.07, 6.45) is 1.07. The van der Waals surface area contributed by atoms with Gasteiger partial charge in [-0.05, 0) is 58.6 Å². The van der Waals surface area contributed by atoms with Crippen molar-refractivity contribution in [2.75, 3.05) is 51.5 Å². The number of rotatable bonds is 7. The van der Waals surface area contributed by atoms with E-state index in [9.17, 15) is 4.79 Å². The topological polar surface area (TPSA) is 58.8 Å². The Morgan fingerprint density at radius 1 is 1.29 bits per heavy atom. The molecule has 0 heterocycles. The first-order valence-electron chi connectivity index (χ1n) is 7.28. The highest BCUT2D eigenvalue weighted by Crippen LogP contribution is 2.26. The van der Waals surface area contributed by atoms with Crippen molar-refractivity contribution in [3.8, 4) is 0 Å². The highest BCUT2D eigenvalue weighted by Gasteiger charge is 2.15. The summed E-state index contributed by atoms with van der Waals surface area (Å²) < 4.78 is 4.81. The van der Waals surface area contributed by atoms with Crippen LogP contribution in [0.2, 0.25) is 0 Å². The number of hydrogen-bond donors (Lipinski definition) is 1. The first-order valence-corrected chi connectivity index (χ1v) is 7.28. The second kappa shape index (κ2) is 7.88. The summed E-state index contributed by atoms with van der Waals surface area (Å²) in [5.74, 6) is -0.387. The summed E-state index contributed by atoms with van der Waals surface area (Å²) in [5, 5.41) is 0. The fraction of sp³-hybridized carbons (Fsp3) is 0.562. The number of nitrogens with zero attached hydrogens (tertiary/aromatic N) is 2. The standard InChI is InChI=1S/C16H27N3O2/c1-6-19(9-7-8-18(3)4)13-10-12(2)15(17)14(11-13)16(20)21-5/h10-11H,6-9,17H2,1-5H3. The van der Waals surface area contributed by atoms with Gasteiger partial charge in [0, 0.05) is 24.5 Å². The van der Waals surface area contributed by atoms with E-state index in [1.165, 1.54) is 7.11 Å². The number of nitrogens with two attached hydrogens (primary N) is 1. The number of methoxy groups -OCH3 is 1. The van der Waals surface area contributed by atoms with Gasteiger partial charge in [-0.3, -0.25) is 0 Å². The lowest BCUT2D eigenvalue weighted by Gasteiger charge is -2.25. The third-order valence-electron chi connectivity index (χ3n) is 3.56. The number of carbonyl (C=O) groups excluding carboxylic acids is 1. The van der Waals surface area contributed by atoms with Crippen LogP contribution in [0.4, 0.5) is 11.4 Å². The molecule has 0 saturated heterocycles. The highest BCUT2D eigenvalue weighted by molar-refractivity contribution is 5.97. The molecule has 0 aliphatic carbocycles. The minimum Gasteiger partial charge on any atom is -0.465 e. The van der Waals surface area contributed by atoms with Gasteiger partial charge in [-0.1, -0.05) is 0 Å². The second-order valence-corrected chi connectivity index (χ2v) is 5.45. The number of hydrogen-bond acceptors (Lipinski definition) is 5. The Morgan fingerprint density at radius 3 is 2.48 bits per heavy atom. The molecule has 0 unspecified atom stereocenters. The predicted octanol–water partition coefficient (Wildman–Crippen LogP) is 2.14. The molecule has 0 fully saturated rings. The summed E-state index contributed by atoms with van der Waals surface area (Å²) in [6, 6.07) is 3.86. The summed E-state index contributed by atoms with van der Waals surface area (Å²) in [5.41, 5.74) is 8.84. The largest absolute Gasteiger partial charge is 0.465 e. The van der Waals surface area contributed by atoms with Gasteiger partial charge in [-0.25, -0.2) is 4.79 Å². The molecular formula is C16H27N3O2. The molecule has 5 nitrogen and oxygen atoms in total. The zero-order valence-electron chi connectivity index (χ0n) is 13.8. The molecule has 2 N–H and O–H groups in total. The van der Waals surface area contributed by atoms with Gasteiger partial charge in [-0.15, -0.1) is 0 Å². The van der Waals surface area contributed by atoms with Crippen molar-refractivity contribution < 1.29 is 9.53 Å². The Bertz CT molecular complexity index is 487. The van der Waals surface area contributed by atoms with Crippen LogP contribution in [0.5, 0.6) is 0 Å². The SMILES string of the molecule is CCN(CCCN(C)C)c1cc(C)c(N)c(C(=O)OC)c1. The van der Waals surface area contributed by atoms with Crippen molar-refractivity contribution in [1.82, 2.24) is 4.90 Å². The van der Waals surface area contributed by atoms with Crippen LogP contribution in [0.15, 0.2) is 12.1 Å². The van der Waals surface area contributed by atoms with Crippen LogP contribution in [0, 0.1) is 6.92 Å². The van der Waals surface area contributed by atoms with Gasteiger partial charge in [0.1, 0.15) is 0 Å². The van der Waals surface area contributed by atoms with E-state index in [0.717, 1.165) is 37.3 Å². The van der Waals surface area contributed by atoms with Gasteiger partial charge in [0.15, 0.2) is 0 Å². The molecule has 1 aromatic rings. The lowest BCUT2D eigenvalue weighted by atomic mass is 10.1. The monoisotopic (exact) mass is 293 g/mol. The molecule has 0 amide bonds. The molecule has 0 aromatic heterocycles. The number of aryl methyl sites for hydroxylation is 1. The number of carbonyl (C=O) groups is 1. The molecule has 0 atom stereocenters. The first kappa shape index (κ1) is 17.3. The van der Waals surface area contributed by atoms with Gasteiger partial charge in [0.25, 0.3) is 0 Å². The van der Waals surface area contributed by atoms with E-state index >= 15 is 0 Å². The van der Waals surface area contributed by atoms with Crippen molar-refractivity contribution in [3.63, 3.8) is 0 Å². The van der Waals surface area contributed by atoms with Crippen LogP contribution in [0.25, 0.3) is 0 Å². The maximum atomic E-state index is 11.8. The van der Waals surface area contributed by atoms with Crippen molar-refractivity contribution in [2.45, 2.75) is 20.3 Å². The summed E-state index contributed by atoms with van der Waals surface area (Å²) in [4.78, 5) is 16.2. The normalized spacial score (nSPS) is 10.8. The quantitative estimate of drug-likeness (QED) is 0.616. The van der Waals surface area contributed by atoms with E-state index in [-0.39, 0.29) is 5.97 Å². The van der Waals surface area contributed by atoms with Crippen LogP contribution in [0.3, 0.4) is 0 Å². The van der Waals surface area contributed by atoms with Crippen LogP contribution in [-0.2, 0) is 4.74 Å². The molecular weight excluding hydrogens is 266 g/mol. The van der Waals surface area contributed by atoms with Gasteiger partial charge in [-0.2, -0.15) is 0 Å². The second-order valence-electron chi connectivity index (χ2n) is 5.45. The van der Waals surface area contributed by atoms with Crippen molar-refractivity contribution in [2.24, 2.45) is 0 Å². The highest BCUT2D eigenvalue weighted by atomic mass is 16.5. The summed E-state index contributed by atoms with van der Waals surface area (Å²) in [7, 11) is 5.51. The molecule has 1 aromatic carbocycles. The molecule has 118 valence electrons. The Kier molecular flexibility index (Phi) is 6.49. The van der Waals surface area contributed by atoms with Crippen molar-refractivity contribution in [3.05, 3.63) is 23.3 Å². The van der Waals surface area contributed by atoms with Gasteiger partial charge in [0.05, 0.1) is 12.7 Å². The number of benzene rings is 1. The molecule has 1 rings (SSSR count). The van der Waals surface area contributed by atoms with E-state index in [2.05, 4.69) is 30.8 Å². The smallest absolute Gasteiger partial charge is 0.340 e. The third-order valence-corrected chi connectivity index (χ3v) is 3.56. The van der Waals surface area contributed by atoms with Crippen molar-refractivity contribution in [1.29, 1.82) is 0 Å². The average molecular weight is 293 g/mol. The van der Waals surface area contributed by atoms with Crippen LogP contribution >= 0.6 is 0 Å². The maximum absolute atomic E-state index is 11.8. The predicted molar refractivity (Wildman–Crippen MR) is 88.0 cm³/mol. The minimum atomic E-state index is -0.387. The number of ether oxygens (including phenoxy) is 1. The Morgan fingerprint density at radius 2 is 1.95 bits per heavy atom. The molecule has 5 heteroatoms. The zero-order valence-corrected chi connectivity index (χ0v) is 13.8. The maximum Gasteiger partial charge on any atom is 0.340 e. The molecule has 0 saturated carbocycles. The fourth-order valence-corrected chi connectivity index (χ4v) is 2.29. The summed E-state index contributed by atoms with van der Waals surface area (Å²) in [6.45, 7) is 6.89. The van der Waals surface area contributed by atoms with E-state index in [4.69, 9.17) is 10.5 Å². The third kappa shape index (κ3) is 4.63. The molecule has 21 heavy (non-hydrogen) atoms. The molecule has 0 bridgehead atoms. The average Bonchev–Trinajstić information content (AvgIpc) is 2.45. The lowest BCUT2D eigenvalue weighted by Crippen LogP contribution is -2.27. The van der Waals surface area contributed by atoms with Gasteiger partial charge in [0.2, 0.25) is 0 Å². The number of anilines is 2. The van der Waals surface area contributed by atoms with E-state index in [1.54, 1.807) is 0 Å². The number of esters is 1. The van der Waals surface area contributed by atoms with E-state index in [1.807, 2.05) is 19.1 Å². The Labute approximate surface area is 127 Å². The first-order chi connectivity index (χ1) is 9.90. The lowest BCUT2D eigenvalue weighted by molar-refractivity contribution is 0.0602. The Balaban J connectivity index is 2.99. The summed E-state index contributed by atoms with van der Waals surface area (Å²) >= 11 is 0. The van der Waals surface area contributed by atoms with E-state index in [0.29, 0.717) is 11.3 Å². The Hall–Kier alpha value is -1.75. The molecule has 0 aliphatic heterocycles. The van der Waals surface area contributed by atoms with Gasteiger partial charge < -0.3 is 20.3 Å². The van der Waals surface area contributed by atoms with E-state index < -0.39 is 0 Å². The molecule has 0 spiro atoms. The molecule has 0 radical (unpaired) electrons. The van der Waals surface area contributed by atoms with Crippen LogP contribution in [-0.4, -0.2) is 51.7 Å². The van der Waals surface area contributed by atoms with Crippen molar-refractivity contribution >= 4 is 17.3 Å². The van der Waals surface area contributed by atoms with Gasteiger partial charge >= 0.3 is 5.97 Å². The fourth-order valence-electron chi connectivity index (χ4n) is 2.29. The van der Waals surface area contributed by atoms with Crippen LogP contribution in [0.1, 0.15) is 29.3 Å². The molecule has 0 aliphatic rings. The minimum absolute atomic E-state index is 0.387. The van der Waals surface area contributed by atoms with Crippen LogP contribution < -0.4 is 10.6 Å². The zero-order chi connectivity index (χ0) is 16.0.